The van der Waals surface area contributed by atoms with Gasteiger partial charge in [0.15, 0.2) is 11.4 Å². The lowest BCUT2D eigenvalue weighted by molar-refractivity contribution is 0.0976. The van der Waals surface area contributed by atoms with Gasteiger partial charge in [0.2, 0.25) is 5.95 Å². The Hall–Kier alpha value is -3.98. The normalized spacial score (nSPS) is 13.2. The molecule has 1 saturated carbocycles. The first-order valence-electron chi connectivity index (χ1n) is 9.96. The van der Waals surface area contributed by atoms with E-state index < -0.39 is 0 Å². The molecule has 1 aliphatic carbocycles. The smallest absolute Gasteiger partial charge is 0.247 e. The van der Waals surface area contributed by atoms with E-state index in [0.717, 1.165) is 16.7 Å². The molecule has 0 atom stereocenters. The van der Waals surface area contributed by atoms with E-state index in [0.29, 0.717) is 35.2 Å². The summed E-state index contributed by atoms with van der Waals surface area (Å²) in [6.45, 7) is 0. The average molecular weight is 393 g/mol. The van der Waals surface area contributed by atoms with Gasteiger partial charge in [0, 0.05) is 23.7 Å². The molecule has 30 heavy (non-hydrogen) atoms. The maximum atomic E-state index is 12.5. The summed E-state index contributed by atoms with van der Waals surface area (Å²) >= 11 is 0. The van der Waals surface area contributed by atoms with Crippen LogP contribution in [0.25, 0.3) is 16.8 Å². The minimum atomic E-state index is 0.212. The number of carbonyl (C=O) groups is 1. The van der Waals surface area contributed by atoms with Crippen molar-refractivity contribution in [3.05, 3.63) is 78.0 Å². The number of hydrogen-bond donors (Lipinski definition) is 1. The van der Waals surface area contributed by atoms with Gasteiger partial charge < -0.3 is 5.32 Å². The van der Waals surface area contributed by atoms with E-state index in [9.17, 15) is 10.1 Å². The van der Waals surface area contributed by atoms with E-state index in [2.05, 4.69) is 21.5 Å². The number of nitrogens with one attached hydrogen (secondary N) is 1. The summed E-state index contributed by atoms with van der Waals surface area (Å²) in [4.78, 5) is 16.9. The lowest BCUT2D eigenvalue weighted by Crippen LogP contribution is -2.00. The number of anilines is 2. The van der Waals surface area contributed by atoms with Crippen molar-refractivity contribution in [2.75, 3.05) is 5.32 Å². The molecule has 0 bridgehead atoms. The first kappa shape index (κ1) is 18.1. The topological polar surface area (TPSA) is 83.1 Å². The summed E-state index contributed by atoms with van der Waals surface area (Å²) in [7, 11) is 0. The SMILES string of the molecule is N#Cc1ccccc1Nc1nc2ccc(-c3cccc(C(=O)CC4CC4)c3)cn2n1. The molecule has 1 fully saturated rings. The van der Waals surface area contributed by atoms with Crippen LogP contribution in [0.3, 0.4) is 0 Å². The number of rotatable bonds is 6. The summed E-state index contributed by atoms with van der Waals surface area (Å²) in [5, 5.41) is 16.9. The highest BCUT2D eigenvalue weighted by molar-refractivity contribution is 5.97. The minimum absolute atomic E-state index is 0.212. The first-order chi connectivity index (χ1) is 14.7. The fourth-order valence-corrected chi connectivity index (χ4v) is 3.49. The Morgan fingerprint density at radius 1 is 1.10 bits per heavy atom. The molecule has 2 heterocycles. The number of benzene rings is 2. The van der Waals surface area contributed by atoms with Crippen molar-refractivity contribution in [2.24, 2.45) is 5.92 Å². The molecule has 1 aliphatic rings. The van der Waals surface area contributed by atoms with Crippen LogP contribution in [0.1, 0.15) is 35.2 Å². The molecular weight excluding hydrogens is 374 g/mol. The molecular formula is C24H19N5O. The van der Waals surface area contributed by atoms with Crippen molar-refractivity contribution in [3.8, 4) is 17.2 Å². The van der Waals surface area contributed by atoms with E-state index in [-0.39, 0.29) is 5.78 Å². The number of ketones is 1. The van der Waals surface area contributed by atoms with Crippen molar-refractivity contribution in [1.29, 1.82) is 5.26 Å². The Bertz CT molecular complexity index is 1300. The van der Waals surface area contributed by atoms with E-state index in [1.165, 1.54) is 12.8 Å². The molecule has 2 aromatic carbocycles. The molecule has 0 spiro atoms. The third kappa shape index (κ3) is 3.65. The predicted molar refractivity (Wildman–Crippen MR) is 115 cm³/mol. The quantitative estimate of drug-likeness (QED) is 0.466. The van der Waals surface area contributed by atoms with Gasteiger partial charge >= 0.3 is 0 Å². The molecule has 1 N–H and O–H groups in total. The number of aromatic nitrogens is 3. The number of para-hydroxylation sites is 1. The summed E-state index contributed by atoms with van der Waals surface area (Å²) in [5.41, 5.74) is 4.57. The second kappa shape index (κ2) is 7.45. The van der Waals surface area contributed by atoms with Crippen LogP contribution in [-0.4, -0.2) is 20.4 Å². The number of pyridine rings is 1. The van der Waals surface area contributed by atoms with E-state index in [1.54, 1.807) is 10.6 Å². The maximum Gasteiger partial charge on any atom is 0.247 e. The minimum Gasteiger partial charge on any atom is -0.322 e. The first-order valence-corrected chi connectivity index (χ1v) is 9.96. The van der Waals surface area contributed by atoms with Gasteiger partial charge in [0.25, 0.3) is 0 Å². The van der Waals surface area contributed by atoms with Gasteiger partial charge in [-0.25, -0.2) is 4.52 Å². The highest BCUT2D eigenvalue weighted by atomic mass is 16.1. The highest BCUT2D eigenvalue weighted by Gasteiger charge is 2.25. The van der Waals surface area contributed by atoms with Gasteiger partial charge in [-0.05, 0) is 54.7 Å². The van der Waals surface area contributed by atoms with E-state index in [4.69, 9.17) is 0 Å². The van der Waals surface area contributed by atoms with Crippen LogP contribution in [0.2, 0.25) is 0 Å². The molecule has 0 unspecified atom stereocenters. The molecule has 0 aliphatic heterocycles. The molecule has 6 heteroatoms. The van der Waals surface area contributed by atoms with Crippen LogP contribution in [0, 0.1) is 17.2 Å². The monoisotopic (exact) mass is 393 g/mol. The molecule has 2 aromatic heterocycles. The molecule has 146 valence electrons. The Morgan fingerprint density at radius 2 is 1.97 bits per heavy atom. The van der Waals surface area contributed by atoms with Gasteiger partial charge in [0.05, 0.1) is 11.3 Å². The van der Waals surface area contributed by atoms with Gasteiger partial charge in [-0.1, -0.05) is 30.3 Å². The fraction of sp³-hybridized carbons (Fsp3) is 0.167. The molecule has 5 rings (SSSR count). The second-order valence-electron chi connectivity index (χ2n) is 7.59. The maximum absolute atomic E-state index is 12.5. The van der Waals surface area contributed by atoms with Crippen LogP contribution in [0.4, 0.5) is 11.6 Å². The van der Waals surface area contributed by atoms with Crippen molar-refractivity contribution in [1.82, 2.24) is 14.6 Å². The van der Waals surface area contributed by atoms with E-state index >= 15 is 0 Å². The molecule has 0 amide bonds. The van der Waals surface area contributed by atoms with Crippen molar-refractivity contribution in [2.45, 2.75) is 19.3 Å². The molecule has 6 nitrogen and oxygen atoms in total. The lowest BCUT2D eigenvalue weighted by Gasteiger charge is -2.05. The zero-order chi connectivity index (χ0) is 20.5. The summed E-state index contributed by atoms with van der Waals surface area (Å²) < 4.78 is 1.70. The molecule has 0 saturated heterocycles. The summed E-state index contributed by atoms with van der Waals surface area (Å²) in [6, 6.07) is 21.0. The number of carbonyl (C=O) groups excluding carboxylic acids is 1. The summed E-state index contributed by atoms with van der Waals surface area (Å²) in [6.07, 6.45) is 4.88. The largest absolute Gasteiger partial charge is 0.322 e. The number of hydrogen-bond acceptors (Lipinski definition) is 5. The van der Waals surface area contributed by atoms with Gasteiger partial charge in [-0.3, -0.25) is 4.79 Å². The Labute approximate surface area is 173 Å². The highest BCUT2D eigenvalue weighted by Crippen LogP contribution is 2.34. The van der Waals surface area contributed by atoms with Gasteiger partial charge in [0.1, 0.15) is 6.07 Å². The van der Waals surface area contributed by atoms with Crippen LogP contribution >= 0.6 is 0 Å². The van der Waals surface area contributed by atoms with Crippen molar-refractivity contribution in [3.63, 3.8) is 0 Å². The Kier molecular flexibility index (Phi) is 4.49. The number of nitrogens with zero attached hydrogens (tertiary/aromatic N) is 4. The number of fused-ring (bicyclic) bond motifs is 1. The van der Waals surface area contributed by atoms with Crippen LogP contribution < -0.4 is 5.32 Å². The van der Waals surface area contributed by atoms with Crippen LogP contribution in [0.15, 0.2) is 66.9 Å². The third-order valence-corrected chi connectivity index (χ3v) is 5.31. The Morgan fingerprint density at radius 3 is 2.80 bits per heavy atom. The van der Waals surface area contributed by atoms with E-state index in [1.807, 2.05) is 60.8 Å². The average Bonchev–Trinajstić information content (AvgIpc) is 3.50. The summed E-state index contributed by atoms with van der Waals surface area (Å²) in [5.74, 6) is 1.21. The zero-order valence-corrected chi connectivity index (χ0v) is 16.2. The Balaban J connectivity index is 1.43. The third-order valence-electron chi connectivity index (χ3n) is 5.31. The second-order valence-corrected chi connectivity index (χ2v) is 7.59. The van der Waals surface area contributed by atoms with Crippen LogP contribution in [0.5, 0.6) is 0 Å². The van der Waals surface area contributed by atoms with Gasteiger partial charge in [-0.2, -0.15) is 10.2 Å². The van der Waals surface area contributed by atoms with Gasteiger partial charge in [-0.15, -0.1) is 5.10 Å². The molecule has 4 aromatic rings. The number of Topliss-reactive ketones (excluding diaryl/α,β-unsaturated/α-hetero) is 1. The lowest BCUT2D eigenvalue weighted by atomic mass is 10.0. The standard InChI is InChI=1S/C24H19N5O/c25-14-19-4-1-2-7-21(19)26-24-27-23-11-10-20(15-29(23)28-24)17-5-3-6-18(13-17)22(30)12-16-8-9-16/h1-7,10-11,13,15-16H,8-9,12H2,(H,26,28). The number of nitriles is 1. The predicted octanol–water partition coefficient (Wildman–Crippen LogP) is 4.99. The van der Waals surface area contributed by atoms with Crippen molar-refractivity contribution < 1.29 is 4.79 Å². The van der Waals surface area contributed by atoms with Crippen molar-refractivity contribution >= 4 is 23.1 Å². The zero-order valence-electron chi connectivity index (χ0n) is 16.2. The van der Waals surface area contributed by atoms with Crippen LogP contribution in [-0.2, 0) is 0 Å². The molecule has 0 radical (unpaired) electrons. The fourth-order valence-electron chi connectivity index (χ4n) is 3.49.